The fourth-order valence-corrected chi connectivity index (χ4v) is 2.32. The van der Waals surface area contributed by atoms with E-state index in [2.05, 4.69) is 31.4 Å². The molecule has 1 unspecified atom stereocenters. The quantitative estimate of drug-likeness (QED) is 0.438. The summed E-state index contributed by atoms with van der Waals surface area (Å²) in [5.74, 6) is 2.25. The Balaban J connectivity index is 4.07. The summed E-state index contributed by atoms with van der Waals surface area (Å²) in [4.78, 5) is 2.44. The maximum absolute atomic E-state index is 5.44. The third kappa shape index (κ3) is 9.20. The highest BCUT2D eigenvalue weighted by Crippen LogP contribution is 2.14. The Morgan fingerprint density at radius 3 is 1.83 bits per heavy atom. The largest absolute Gasteiger partial charge is 0.380 e. The number of hydrogen-bond acceptors (Lipinski definition) is 4. The predicted octanol–water partition coefficient (Wildman–Crippen LogP) is 2.56. The van der Waals surface area contributed by atoms with Crippen LogP contribution in [0.25, 0.3) is 0 Å². The summed E-state index contributed by atoms with van der Waals surface area (Å²) >= 11 is 4.46. The van der Waals surface area contributed by atoms with Gasteiger partial charge in [-0.15, -0.1) is 0 Å². The average molecular weight is 277 g/mol. The van der Waals surface area contributed by atoms with Gasteiger partial charge in [0.2, 0.25) is 0 Å². The molecule has 0 N–H and O–H groups in total. The number of nitrogens with zero attached hydrogens (tertiary/aromatic N) is 1. The predicted molar refractivity (Wildman–Crippen MR) is 81.6 cm³/mol. The minimum Gasteiger partial charge on any atom is -0.380 e. The molecule has 0 aromatic carbocycles. The Labute approximate surface area is 119 Å². The molecule has 0 heterocycles. The van der Waals surface area contributed by atoms with E-state index in [-0.39, 0.29) is 0 Å². The highest BCUT2D eigenvalue weighted by molar-refractivity contribution is 7.80. The Bertz CT molecular complexity index is 169. The lowest BCUT2D eigenvalue weighted by Gasteiger charge is -2.28. The van der Waals surface area contributed by atoms with E-state index < -0.39 is 0 Å². The molecule has 0 amide bonds. The van der Waals surface area contributed by atoms with E-state index >= 15 is 0 Å². The summed E-state index contributed by atoms with van der Waals surface area (Å²) in [6.07, 6.45) is 0. The second-order valence-corrected chi connectivity index (χ2v) is 5.25. The fraction of sp³-hybridized carbons (Fsp3) is 1.00. The molecule has 110 valence electrons. The van der Waals surface area contributed by atoms with Crippen LogP contribution in [0.1, 0.15) is 27.7 Å². The molecular formula is C14H31NO2S. The molecule has 0 saturated heterocycles. The lowest BCUT2D eigenvalue weighted by molar-refractivity contribution is 0.0737. The molecule has 0 saturated carbocycles. The molecule has 0 aliphatic carbocycles. The first-order valence-corrected chi connectivity index (χ1v) is 7.77. The van der Waals surface area contributed by atoms with E-state index in [1.807, 2.05) is 13.8 Å². The Morgan fingerprint density at radius 2 is 1.50 bits per heavy atom. The van der Waals surface area contributed by atoms with Crippen LogP contribution in [-0.2, 0) is 9.47 Å². The summed E-state index contributed by atoms with van der Waals surface area (Å²) < 4.78 is 10.9. The lowest BCUT2D eigenvalue weighted by Crippen LogP contribution is -2.37. The zero-order chi connectivity index (χ0) is 13.8. The van der Waals surface area contributed by atoms with E-state index in [1.165, 1.54) is 0 Å². The topological polar surface area (TPSA) is 21.7 Å². The first-order valence-electron chi connectivity index (χ1n) is 7.14. The van der Waals surface area contributed by atoms with Gasteiger partial charge in [-0.2, -0.15) is 12.6 Å². The van der Waals surface area contributed by atoms with Gasteiger partial charge in [0.05, 0.1) is 13.2 Å². The minimum absolute atomic E-state index is 0.636. The second-order valence-electron chi connectivity index (χ2n) is 4.88. The molecule has 0 fully saturated rings. The van der Waals surface area contributed by atoms with Crippen molar-refractivity contribution >= 4 is 12.6 Å². The number of rotatable bonds is 12. The Hall–Kier alpha value is 0.230. The van der Waals surface area contributed by atoms with E-state index in [4.69, 9.17) is 9.47 Å². The molecule has 1 atom stereocenters. The summed E-state index contributed by atoms with van der Waals surface area (Å²) in [5, 5.41) is 0. The summed E-state index contributed by atoms with van der Waals surface area (Å²) in [7, 11) is 0. The van der Waals surface area contributed by atoms with Crippen LogP contribution in [0.2, 0.25) is 0 Å². The van der Waals surface area contributed by atoms with Crippen molar-refractivity contribution < 1.29 is 9.47 Å². The van der Waals surface area contributed by atoms with Gasteiger partial charge >= 0.3 is 0 Å². The molecule has 0 spiro atoms. The van der Waals surface area contributed by atoms with Crippen LogP contribution in [0.15, 0.2) is 0 Å². The number of hydrogen-bond donors (Lipinski definition) is 1. The van der Waals surface area contributed by atoms with Gasteiger partial charge in [0.25, 0.3) is 0 Å². The summed E-state index contributed by atoms with van der Waals surface area (Å²) in [6, 6.07) is 0. The van der Waals surface area contributed by atoms with Gasteiger partial charge in [-0.25, -0.2) is 0 Å². The SMILES string of the molecule is CCOCCN(CCOCC)CC(CS)C(C)C. The normalized spacial score (nSPS) is 13.5. The standard InChI is InChI=1S/C14H31NO2S/c1-5-16-9-7-15(8-10-17-6-2)11-14(12-18)13(3)4/h13-14,18H,5-12H2,1-4H3. The van der Waals surface area contributed by atoms with E-state index in [9.17, 15) is 0 Å². The van der Waals surface area contributed by atoms with Crippen molar-refractivity contribution in [2.75, 3.05) is 51.8 Å². The zero-order valence-electron chi connectivity index (χ0n) is 12.5. The number of ether oxygens (including phenoxy) is 2. The molecular weight excluding hydrogens is 246 g/mol. The van der Waals surface area contributed by atoms with Crippen molar-refractivity contribution in [2.45, 2.75) is 27.7 Å². The lowest BCUT2D eigenvalue weighted by atomic mass is 9.97. The minimum atomic E-state index is 0.636. The van der Waals surface area contributed by atoms with E-state index in [0.29, 0.717) is 11.8 Å². The Kier molecular flexibility index (Phi) is 12.4. The van der Waals surface area contributed by atoms with Gasteiger partial charge in [-0.1, -0.05) is 13.8 Å². The molecule has 0 radical (unpaired) electrons. The molecule has 0 aliphatic rings. The highest BCUT2D eigenvalue weighted by atomic mass is 32.1. The summed E-state index contributed by atoms with van der Waals surface area (Å²) in [6.45, 7) is 14.9. The summed E-state index contributed by atoms with van der Waals surface area (Å²) in [5.41, 5.74) is 0. The van der Waals surface area contributed by atoms with Crippen LogP contribution in [0.4, 0.5) is 0 Å². The fourth-order valence-electron chi connectivity index (χ4n) is 1.78. The third-order valence-electron chi connectivity index (χ3n) is 3.18. The van der Waals surface area contributed by atoms with Crippen molar-refractivity contribution in [3.63, 3.8) is 0 Å². The van der Waals surface area contributed by atoms with E-state index in [0.717, 1.165) is 51.8 Å². The van der Waals surface area contributed by atoms with Gasteiger partial charge in [-0.05, 0) is 31.4 Å². The van der Waals surface area contributed by atoms with Crippen LogP contribution < -0.4 is 0 Å². The van der Waals surface area contributed by atoms with Gasteiger partial charge in [0, 0.05) is 32.8 Å². The zero-order valence-corrected chi connectivity index (χ0v) is 13.4. The highest BCUT2D eigenvalue weighted by Gasteiger charge is 2.16. The van der Waals surface area contributed by atoms with Crippen LogP contribution in [0, 0.1) is 11.8 Å². The monoisotopic (exact) mass is 277 g/mol. The molecule has 0 aromatic heterocycles. The Morgan fingerprint density at radius 1 is 1.00 bits per heavy atom. The van der Waals surface area contributed by atoms with Crippen molar-refractivity contribution in [3.05, 3.63) is 0 Å². The van der Waals surface area contributed by atoms with Crippen molar-refractivity contribution in [1.82, 2.24) is 4.90 Å². The maximum Gasteiger partial charge on any atom is 0.0593 e. The first-order chi connectivity index (χ1) is 8.65. The van der Waals surface area contributed by atoms with Gasteiger partial charge < -0.3 is 9.47 Å². The molecule has 0 aliphatic heterocycles. The smallest absolute Gasteiger partial charge is 0.0593 e. The molecule has 0 bridgehead atoms. The third-order valence-corrected chi connectivity index (χ3v) is 3.65. The molecule has 4 heteroatoms. The van der Waals surface area contributed by atoms with Gasteiger partial charge in [0.1, 0.15) is 0 Å². The van der Waals surface area contributed by atoms with E-state index in [1.54, 1.807) is 0 Å². The molecule has 18 heavy (non-hydrogen) atoms. The van der Waals surface area contributed by atoms with Crippen LogP contribution in [0.3, 0.4) is 0 Å². The van der Waals surface area contributed by atoms with Crippen molar-refractivity contribution in [3.8, 4) is 0 Å². The molecule has 0 rings (SSSR count). The average Bonchev–Trinajstić information content (AvgIpc) is 2.35. The second kappa shape index (κ2) is 12.3. The van der Waals surface area contributed by atoms with Crippen LogP contribution >= 0.6 is 12.6 Å². The number of thiol groups is 1. The van der Waals surface area contributed by atoms with Crippen molar-refractivity contribution in [2.24, 2.45) is 11.8 Å². The van der Waals surface area contributed by atoms with Gasteiger partial charge in [0.15, 0.2) is 0 Å². The molecule has 0 aromatic rings. The first kappa shape index (κ1) is 18.2. The van der Waals surface area contributed by atoms with Crippen LogP contribution in [-0.4, -0.2) is 56.7 Å². The van der Waals surface area contributed by atoms with Crippen molar-refractivity contribution in [1.29, 1.82) is 0 Å². The molecule has 3 nitrogen and oxygen atoms in total. The van der Waals surface area contributed by atoms with Gasteiger partial charge in [-0.3, -0.25) is 4.90 Å². The van der Waals surface area contributed by atoms with Crippen LogP contribution in [0.5, 0.6) is 0 Å². The maximum atomic E-state index is 5.44.